The predicted octanol–water partition coefficient (Wildman–Crippen LogP) is 3.74. The Bertz CT molecular complexity index is 989. The van der Waals surface area contributed by atoms with Crippen LogP contribution in [-0.2, 0) is 14.3 Å². The molecular weight excluding hydrogens is 507 g/mol. The van der Waals surface area contributed by atoms with Gasteiger partial charge in [0.15, 0.2) is 11.8 Å². The van der Waals surface area contributed by atoms with E-state index in [0.717, 1.165) is 20.6 Å². The zero-order chi connectivity index (χ0) is 20.8. The normalized spacial score (nSPS) is 16.0. The number of nitrogens with zero attached hydrogens (tertiary/aromatic N) is 1. The number of benzene rings is 2. The lowest BCUT2D eigenvalue weighted by molar-refractivity contribution is -0.142. The molecule has 3 rings (SSSR count). The Kier molecular flexibility index (Phi) is 7.15. The molecule has 1 fully saturated rings. The van der Waals surface area contributed by atoms with Crippen molar-refractivity contribution in [1.29, 1.82) is 0 Å². The van der Waals surface area contributed by atoms with Crippen molar-refractivity contribution in [3.05, 3.63) is 56.5 Å². The Morgan fingerprint density at radius 3 is 2.62 bits per heavy atom. The molecule has 1 saturated heterocycles. The fourth-order valence-electron chi connectivity index (χ4n) is 2.33. The van der Waals surface area contributed by atoms with Crippen molar-refractivity contribution in [2.45, 2.75) is 0 Å². The third-order valence-corrected chi connectivity index (χ3v) is 5.53. The smallest absolute Gasteiger partial charge is 0.343 e. The van der Waals surface area contributed by atoms with E-state index in [1.165, 1.54) is 18.9 Å². The highest BCUT2D eigenvalue weighted by atomic mass is 127. The number of thioether (sulfide) groups is 1. The number of carbonyl (C=O) groups excluding carboxylic acids is 2. The van der Waals surface area contributed by atoms with Crippen LogP contribution in [0.1, 0.15) is 5.56 Å². The molecule has 9 heteroatoms. The van der Waals surface area contributed by atoms with Gasteiger partial charge in [0.1, 0.15) is 11.5 Å². The number of amidine groups is 1. The Hall–Kier alpha value is -2.53. The van der Waals surface area contributed by atoms with Crippen molar-refractivity contribution in [2.24, 2.45) is 4.99 Å². The summed E-state index contributed by atoms with van der Waals surface area (Å²) in [6.07, 6.45) is 1.78. The van der Waals surface area contributed by atoms with Crippen LogP contribution in [0.5, 0.6) is 11.5 Å². The Morgan fingerprint density at radius 1 is 1.21 bits per heavy atom. The molecule has 29 heavy (non-hydrogen) atoms. The molecule has 1 N–H and O–H groups in total. The van der Waals surface area contributed by atoms with Crippen molar-refractivity contribution < 1.29 is 23.8 Å². The van der Waals surface area contributed by atoms with Crippen LogP contribution in [0.15, 0.2) is 52.4 Å². The van der Waals surface area contributed by atoms with Crippen LogP contribution in [0.25, 0.3) is 6.08 Å². The minimum absolute atomic E-state index is 0.156. The number of hydrogen-bond donors (Lipinski definition) is 1. The summed E-state index contributed by atoms with van der Waals surface area (Å²) in [5.41, 5.74) is 1.56. The van der Waals surface area contributed by atoms with Gasteiger partial charge in [0, 0.05) is 0 Å². The molecule has 0 unspecified atom stereocenters. The fraction of sp³-hybridized carbons (Fsp3) is 0.150. The molecule has 7 nitrogen and oxygen atoms in total. The number of rotatable bonds is 6. The number of carbonyl (C=O) groups is 2. The lowest BCUT2D eigenvalue weighted by atomic mass is 10.2. The molecular formula is C20H17IN2O5S. The van der Waals surface area contributed by atoms with E-state index in [1.807, 2.05) is 36.4 Å². The number of esters is 1. The SMILES string of the molecule is COC(=O)COc1ccc(/C=C2/SC(=Nc3ccc(OC)cc3)NC2=O)cc1I. The minimum atomic E-state index is -0.449. The van der Waals surface area contributed by atoms with Gasteiger partial charge in [-0.15, -0.1) is 0 Å². The van der Waals surface area contributed by atoms with E-state index < -0.39 is 5.97 Å². The number of methoxy groups -OCH3 is 2. The van der Waals surface area contributed by atoms with E-state index >= 15 is 0 Å². The molecule has 0 saturated carbocycles. The average Bonchev–Trinajstić information content (AvgIpc) is 3.06. The first kappa shape index (κ1) is 21.2. The van der Waals surface area contributed by atoms with E-state index in [2.05, 4.69) is 37.6 Å². The molecule has 1 heterocycles. The third-order valence-electron chi connectivity index (χ3n) is 3.78. The second-order valence-corrected chi connectivity index (χ2v) is 7.93. The summed E-state index contributed by atoms with van der Waals surface area (Å²) in [6, 6.07) is 12.7. The number of aliphatic imine (C=N–C) groups is 1. The van der Waals surface area contributed by atoms with Crippen LogP contribution in [-0.4, -0.2) is 37.9 Å². The van der Waals surface area contributed by atoms with Gasteiger partial charge < -0.3 is 19.5 Å². The lowest BCUT2D eigenvalue weighted by Crippen LogP contribution is -2.19. The summed E-state index contributed by atoms with van der Waals surface area (Å²) in [7, 11) is 2.91. The largest absolute Gasteiger partial charge is 0.497 e. The van der Waals surface area contributed by atoms with E-state index in [4.69, 9.17) is 9.47 Å². The molecule has 1 aliphatic heterocycles. The summed E-state index contributed by atoms with van der Waals surface area (Å²) in [5, 5.41) is 3.28. The molecule has 0 spiro atoms. The van der Waals surface area contributed by atoms with Gasteiger partial charge in [0.25, 0.3) is 5.91 Å². The molecule has 150 valence electrons. The first-order valence-corrected chi connectivity index (χ1v) is 10.3. The van der Waals surface area contributed by atoms with Crippen LogP contribution >= 0.6 is 34.4 Å². The van der Waals surface area contributed by atoms with Gasteiger partial charge >= 0.3 is 5.97 Å². The first-order valence-electron chi connectivity index (χ1n) is 8.41. The lowest BCUT2D eigenvalue weighted by Gasteiger charge is -2.07. The molecule has 0 aliphatic carbocycles. The van der Waals surface area contributed by atoms with Gasteiger partial charge in [0.05, 0.1) is 28.4 Å². The number of halogens is 1. The molecule has 0 atom stereocenters. The molecule has 0 bridgehead atoms. The van der Waals surface area contributed by atoms with Crippen LogP contribution in [0.4, 0.5) is 5.69 Å². The Labute approximate surface area is 185 Å². The van der Waals surface area contributed by atoms with Crippen molar-refractivity contribution in [1.82, 2.24) is 5.32 Å². The van der Waals surface area contributed by atoms with Crippen LogP contribution in [0.2, 0.25) is 0 Å². The monoisotopic (exact) mass is 524 g/mol. The zero-order valence-corrected chi connectivity index (χ0v) is 18.6. The zero-order valence-electron chi connectivity index (χ0n) is 15.6. The van der Waals surface area contributed by atoms with E-state index in [0.29, 0.717) is 15.8 Å². The highest BCUT2D eigenvalue weighted by molar-refractivity contribution is 14.1. The second kappa shape index (κ2) is 9.79. The van der Waals surface area contributed by atoms with Gasteiger partial charge in [-0.05, 0) is 82.4 Å². The molecule has 2 aromatic carbocycles. The second-order valence-electron chi connectivity index (χ2n) is 5.73. The molecule has 2 aromatic rings. The maximum Gasteiger partial charge on any atom is 0.343 e. The number of ether oxygens (including phenoxy) is 3. The maximum atomic E-state index is 12.3. The Balaban J connectivity index is 1.71. The van der Waals surface area contributed by atoms with Crippen LogP contribution in [0.3, 0.4) is 0 Å². The van der Waals surface area contributed by atoms with E-state index in [1.54, 1.807) is 19.3 Å². The van der Waals surface area contributed by atoms with E-state index in [9.17, 15) is 9.59 Å². The average molecular weight is 524 g/mol. The van der Waals surface area contributed by atoms with Gasteiger partial charge in [-0.2, -0.15) is 0 Å². The predicted molar refractivity (Wildman–Crippen MR) is 120 cm³/mol. The molecule has 0 radical (unpaired) electrons. The van der Waals surface area contributed by atoms with Crippen molar-refractivity contribution in [3.63, 3.8) is 0 Å². The summed E-state index contributed by atoms with van der Waals surface area (Å²) >= 11 is 3.38. The number of hydrogen-bond acceptors (Lipinski definition) is 7. The van der Waals surface area contributed by atoms with Crippen molar-refractivity contribution in [3.8, 4) is 11.5 Å². The van der Waals surface area contributed by atoms with Crippen molar-refractivity contribution in [2.75, 3.05) is 20.8 Å². The first-order chi connectivity index (χ1) is 14.0. The fourth-order valence-corrected chi connectivity index (χ4v) is 3.86. The highest BCUT2D eigenvalue weighted by Gasteiger charge is 2.24. The van der Waals surface area contributed by atoms with E-state index in [-0.39, 0.29) is 12.5 Å². The molecule has 1 amide bonds. The summed E-state index contributed by atoms with van der Waals surface area (Å²) in [6.45, 7) is -0.156. The summed E-state index contributed by atoms with van der Waals surface area (Å²) < 4.78 is 15.9. The summed E-state index contributed by atoms with van der Waals surface area (Å²) in [4.78, 5) is 28.4. The van der Waals surface area contributed by atoms with Crippen molar-refractivity contribution >= 4 is 63.2 Å². The standard InChI is InChI=1S/C20H17IN2O5S/c1-26-14-6-4-13(5-7-14)22-20-23-19(25)17(29-20)10-12-3-8-16(15(21)9-12)28-11-18(24)27-2/h3-10H,11H2,1-2H3,(H,22,23,25)/b17-10+. The highest BCUT2D eigenvalue weighted by Crippen LogP contribution is 2.30. The molecule has 0 aromatic heterocycles. The minimum Gasteiger partial charge on any atom is -0.497 e. The van der Waals surface area contributed by atoms with Gasteiger partial charge in [-0.1, -0.05) is 6.07 Å². The number of amides is 1. The topological polar surface area (TPSA) is 86.2 Å². The number of nitrogens with one attached hydrogen (secondary N) is 1. The van der Waals surface area contributed by atoms with Crippen LogP contribution < -0.4 is 14.8 Å². The summed E-state index contributed by atoms with van der Waals surface area (Å²) in [5.74, 6) is 0.660. The maximum absolute atomic E-state index is 12.3. The van der Waals surface area contributed by atoms with Crippen LogP contribution in [0, 0.1) is 3.57 Å². The quantitative estimate of drug-likeness (QED) is 0.352. The Morgan fingerprint density at radius 2 is 1.97 bits per heavy atom. The third kappa shape index (κ3) is 5.73. The molecule has 1 aliphatic rings. The van der Waals surface area contributed by atoms with Gasteiger partial charge in [-0.3, -0.25) is 4.79 Å². The van der Waals surface area contributed by atoms with Gasteiger partial charge in [-0.25, -0.2) is 9.79 Å². The van der Waals surface area contributed by atoms with Gasteiger partial charge in [0.2, 0.25) is 0 Å².